The van der Waals surface area contributed by atoms with E-state index < -0.39 is 236 Å². The lowest BCUT2D eigenvalue weighted by atomic mass is 9.58. The van der Waals surface area contributed by atoms with Crippen molar-refractivity contribution in [2.24, 2.45) is 40.9 Å². The molecule has 2 unspecified atom stereocenters. The summed E-state index contributed by atoms with van der Waals surface area (Å²) in [4.78, 5) is 190. The van der Waals surface area contributed by atoms with Crippen molar-refractivity contribution in [2.75, 3.05) is 96.8 Å². The fourth-order valence-electron chi connectivity index (χ4n) is 16.9. The molecule has 107 heavy (non-hydrogen) atoms. The van der Waals surface area contributed by atoms with Crippen LogP contribution in [-0.4, -0.2) is 290 Å². The minimum absolute atomic E-state index is 0.0102. The normalized spacial score (nSPS) is 31.4. The molecule has 12 amide bonds. The highest BCUT2D eigenvalue weighted by Gasteiger charge is 2.59. The first-order valence-corrected chi connectivity index (χ1v) is 37.7. The van der Waals surface area contributed by atoms with Crippen LogP contribution in [0.15, 0.2) is 12.2 Å². The molecule has 33 heteroatoms. The lowest BCUT2D eigenvalue weighted by Crippen LogP contribution is -2.72. The first-order valence-electron chi connectivity index (χ1n) is 37.7. The van der Waals surface area contributed by atoms with E-state index in [4.69, 9.17) is 4.74 Å². The smallest absolute Gasteiger partial charge is 0.382 e. The molecule has 4 aliphatic carbocycles. The van der Waals surface area contributed by atoms with Crippen LogP contribution in [-0.2, 0) is 62.3 Å². The number of ether oxygens (including phenoxy) is 1. The summed E-state index contributed by atoms with van der Waals surface area (Å²) >= 11 is 0. The number of nitrogens with one attached hydrogen (secondary N) is 3. The Morgan fingerprint density at radius 3 is 1.79 bits per heavy atom. The van der Waals surface area contributed by atoms with Crippen molar-refractivity contribution in [3.8, 4) is 0 Å². The van der Waals surface area contributed by atoms with Crippen molar-refractivity contribution in [2.45, 2.75) is 248 Å². The third-order valence-electron chi connectivity index (χ3n) is 23.3. The molecule has 6 aliphatic rings. The van der Waals surface area contributed by atoms with Gasteiger partial charge in [-0.05, 0) is 132 Å². The van der Waals surface area contributed by atoms with E-state index in [9.17, 15) is 55.1 Å². The second-order valence-electron chi connectivity index (χ2n) is 32.1. The quantitative estimate of drug-likeness (QED) is 0.137. The van der Waals surface area contributed by atoms with Gasteiger partial charge in [0, 0.05) is 77.1 Å². The maximum Gasteiger partial charge on any atom is 0.397 e. The van der Waals surface area contributed by atoms with Gasteiger partial charge in [-0.1, -0.05) is 72.5 Å². The number of rotatable bonds is 13. The van der Waals surface area contributed by atoms with Crippen molar-refractivity contribution < 1.29 is 97.4 Å². The van der Waals surface area contributed by atoms with Crippen LogP contribution >= 0.6 is 0 Å². The summed E-state index contributed by atoms with van der Waals surface area (Å²) in [5.41, 5.74) is -2.41. The van der Waals surface area contributed by atoms with Crippen molar-refractivity contribution in [1.82, 2.24) is 60.0 Å². The molecule has 2 bridgehead atoms. The van der Waals surface area contributed by atoms with Crippen LogP contribution in [0.5, 0.6) is 0 Å². The standard InChI is InChI=1S/C74H116F8N12O13/c1-16-23-51-62(98)84-60(43(3)17-2)68(104)88(9)39-58(97)90(11)52-26-19-18-22-33-94(67(52)103)54(36-44-27-30-47(31-28-44)73(77,78)79)66(102)87(8)38-56(95)83-50(32-29-45-34-48(75)59(49(76)35-45)74(80,81)82)64(100)92(13)55(40-107-15)63(99)85-72(41-71(4,5)42-72)70(106)93(14)61(46-24-20-21-25-46)69(105)91(12)53(65(101)86(6)7)37-57(96)89(51)10/h18-19,43-55,59-61H,16-17,20-42H2,1-15H3,(H,83,95)(H,84,98)(H,85,99)/b19-18-/t43-,44?,45?,47?,48?,49?,50-,51-,52-,53-,54-,55-,59?,60-,61-/m0/s1. The minimum Gasteiger partial charge on any atom is -0.382 e. The number of fused-ring (bicyclic) bond motifs is 2. The first-order chi connectivity index (χ1) is 49.9. The molecular weight excluding hydrogens is 1420 g/mol. The van der Waals surface area contributed by atoms with Gasteiger partial charge in [0.25, 0.3) is 0 Å². The topological polar surface area (TPSA) is 279 Å². The van der Waals surface area contributed by atoms with Gasteiger partial charge in [0.05, 0.1) is 32.0 Å². The molecule has 11 atom stereocenters. The minimum atomic E-state index is -5.22. The molecule has 6 rings (SSSR count). The Labute approximate surface area is 624 Å². The second kappa shape index (κ2) is 37.5. The molecule has 1 spiro atoms. The Hall–Kier alpha value is -7.22. The molecule has 0 radical (unpaired) electrons. The monoisotopic (exact) mass is 1530 g/mol. The number of carbonyl (C=O) groups is 12. The Morgan fingerprint density at radius 1 is 0.645 bits per heavy atom. The predicted molar refractivity (Wildman–Crippen MR) is 379 cm³/mol. The van der Waals surface area contributed by atoms with Crippen LogP contribution in [0.1, 0.15) is 169 Å². The molecule has 2 aliphatic heterocycles. The zero-order valence-corrected chi connectivity index (χ0v) is 64.9. The molecule has 2 heterocycles. The van der Waals surface area contributed by atoms with Gasteiger partial charge in [-0.3, -0.25) is 57.5 Å². The Morgan fingerprint density at radius 2 is 1.24 bits per heavy atom. The Kier molecular flexibility index (Phi) is 31.0. The molecule has 5 fully saturated rings. The number of halogens is 8. The average Bonchev–Trinajstić information content (AvgIpc) is 1.13. The van der Waals surface area contributed by atoms with Gasteiger partial charge in [0.1, 0.15) is 72.1 Å². The fraction of sp³-hybridized carbons (Fsp3) is 0.811. The number of amides is 12. The summed E-state index contributed by atoms with van der Waals surface area (Å²) < 4.78 is 120. The largest absolute Gasteiger partial charge is 0.397 e. The molecule has 25 nitrogen and oxygen atoms in total. The van der Waals surface area contributed by atoms with Crippen molar-refractivity contribution in [1.29, 1.82) is 0 Å². The number of alkyl halides is 8. The highest BCUT2D eigenvalue weighted by atomic mass is 19.4. The van der Waals surface area contributed by atoms with Crippen LogP contribution in [0, 0.1) is 40.9 Å². The van der Waals surface area contributed by atoms with Gasteiger partial charge < -0.3 is 64.8 Å². The van der Waals surface area contributed by atoms with Gasteiger partial charge in [0.15, 0.2) is 0 Å². The molecule has 0 aromatic heterocycles. The van der Waals surface area contributed by atoms with E-state index in [-0.39, 0.29) is 77.2 Å². The molecule has 4 saturated carbocycles. The molecule has 0 aromatic rings. The number of hydrogen-bond acceptors (Lipinski definition) is 13. The van der Waals surface area contributed by atoms with E-state index in [1.165, 1.54) is 85.2 Å². The molecule has 1 saturated heterocycles. The summed E-state index contributed by atoms with van der Waals surface area (Å²) in [5.74, 6) is -17.2. The summed E-state index contributed by atoms with van der Waals surface area (Å²) in [6.07, 6.45) is -12.6. The molecular formula is C74H116F8N12O13. The van der Waals surface area contributed by atoms with E-state index in [0.717, 1.165) is 29.4 Å². The van der Waals surface area contributed by atoms with Crippen LogP contribution in [0.3, 0.4) is 0 Å². The van der Waals surface area contributed by atoms with Crippen LogP contribution in [0.2, 0.25) is 0 Å². The predicted octanol–water partition coefficient (Wildman–Crippen LogP) is 6.21. The molecule has 3 N–H and O–H groups in total. The van der Waals surface area contributed by atoms with Gasteiger partial charge >= 0.3 is 12.4 Å². The third kappa shape index (κ3) is 21.8. The van der Waals surface area contributed by atoms with E-state index in [1.54, 1.807) is 32.9 Å². The highest BCUT2D eigenvalue weighted by Crippen LogP contribution is 2.50. The molecule has 606 valence electrons. The van der Waals surface area contributed by atoms with E-state index in [1.807, 2.05) is 13.8 Å². The van der Waals surface area contributed by atoms with E-state index in [2.05, 4.69) is 16.0 Å². The molecule has 0 aromatic carbocycles. The summed E-state index contributed by atoms with van der Waals surface area (Å²) in [6, 6.07) is -11.7. The Bertz CT molecular complexity index is 3180. The van der Waals surface area contributed by atoms with E-state index >= 15 is 37.5 Å². The number of methoxy groups -OCH3 is 1. The summed E-state index contributed by atoms with van der Waals surface area (Å²) in [5, 5.41) is 8.28. The van der Waals surface area contributed by atoms with Crippen molar-refractivity contribution in [3.05, 3.63) is 12.2 Å². The Balaban J connectivity index is 1.48. The lowest BCUT2D eigenvalue weighted by Gasteiger charge is -2.54. The number of likely N-dealkylation sites (N-methyl/N-ethyl adjacent to an activating group) is 8. The maximum atomic E-state index is 15.6. The van der Waals surface area contributed by atoms with Crippen molar-refractivity contribution >= 4 is 70.9 Å². The number of hydrogen-bond donors (Lipinski definition) is 3. The zero-order valence-electron chi connectivity index (χ0n) is 64.9. The third-order valence-corrected chi connectivity index (χ3v) is 23.3. The van der Waals surface area contributed by atoms with Crippen molar-refractivity contribution in [3.63, 3.8) is 0 Å². The average molecular weight is 1530 g/mol. The first kappa shape index (κ1) is 88.7. The van der Waals surface area contributed by atoms with Gasteiger partial charge in [-0.2, -0.15) is 26.3 Å². The SMILES string of the molecule is CCC[C@H]1C(=O)N[C@@H]([C@@H](C)CC)C(=O)N(C)CC(=O)N(C)[C@H]2C/C=C\CCN(C2=O)[C@@H](CC2CCC(C(F)(F)F)CC2)C(=O)N(C)CC(=O)N[C@@H](CCC2CC(F)C(C(F)(F)F)C(F)C2)C(=O)N(C)[C@@H](COC)C(=O)NC2(CC(C)(C)C2)C(=O)N(C)[C@@H](C2CCCC2)C(=O)N(C)[C@H](C(=O)N(C)C)CC(=O)N1C. The summed E-state index contributed by atoms with van der Waals surface area (Å²) in [7, 11) is 13.2. The van der Waals surface area contributed by atoms with Crippen LogP contribution in [0.4, 0.5) is 35.1 Å². The zero-order chi connectivity index (χ0) is 80.3. The van der Waals surface area contributed by atoms with Crippen LogP contribution in [0.25, 0.3) is 0 Å². The summed E-state index contributed by atoms with van der Waals surface area (Å²) in [6.45, 7) is 6.63. The van der Waals surface area contributed by atoms with E-state index in [0.29, 0.717) is 38.5 Å². The lowest BCUT2D eigenvalue weighted by molar-refractivity contribution is -0.219. The van der Waals surface area contributed by atoms with Gasteiger partial charge in [-0.15, -0.1) is 0 Å². The number of carbonyl (C=O) groups excluding carboxylic acids is 12. The second-order valence-corrected chi connectivity index (χ2v) is 32.1. The van der Waals surface area contributed by atoms with Gasteiger partial charge in [0.2, 0.25) is 70.9 Å². The highest BCUT2D eigenvalue weighted by molar-refractivity contribution is 6.01. The van der Waals surface area contributed by atoms with Gasteiger partial charge in [-0.25, -0.2) is 8.78 Å². The maximum absolute atomic E-state index is 15.6. The number of nitrogens with zero attached hydrogens (tertiary/aromatic N) is 9. The fourth-order valence-corrected chi connectivity index (χ4v) is 16.9. The van der Waals surface area contributed by atoms with Crippen LogP contribution < -0.4 is 16.0 Å².